The molecule has 4 nitrogen and oxygen atoms in total. The van der Waals surface area contributed by atoms with E-state index in [9.17, 15) is 0 Å². The van der Waals surface area contributed by atoms with E-state index in [0.717, 1.165) is 43.0 Å². The lowest BCUT2D eigenvalue weighted by atomic mass is 10.2. The lowest BCUT2D eigenvalue weighted by Crippen LogP contribution is -2.17. The van der Waals surface area contributed by atoms with Crippen LogP contribution in [-0.2, 0) is 6.42 Å². The minimum Gasteiger partial charge on any atom is -0.425 e. The van der Waals surface area contributed by atoms with E-state index < -0.39 is 0 Å². The molecule has 96 valence electrons. The number of nitrogens with zero attached hydrogens (tertiary/aromatic N) is 2. The highest BCUT2D eigenvalue weighted by Gasteiger charge is 2.19. The lowest BCUT2D eigenvalue weighted by Gasteiger charge is -2.02. The molecule has 1 N–H and O–H groups in total. The van der Waals surface area contributed by atoms with E-state index in [1.165, 1.54) is 12.8 Å². The lowest BCUT2D eigenvalue weighted by molar-refractivity contribution is 0.427. The topological polar surface area (TPSA) is 51.0 Å². The molecule has 0 radical (unpaired) electrons. The highest BCUT2D eigenvalue weighted by molar-refractivity contribution is 7.98. The second-order valence-corrected chi connectivity index (χ2v) is 5.63. The predicted octanol–water partition coefficient (Wildman–Crippen LogP) is 2.22. The zero-order chi connectivity index (χ0) is 12.1. The first-order chi connectivity index (χ1) is 8.29. The van der Waals surface area contributed by atoms with Crippen LogP contribution in [-0.4, -0.2) is 34.8 Å². The zero-order valence-corrected chi connectivity index (χ0v) is 11.4. The van der Waals surface area contributed by atoms with E-state index in [1.54, 1.807) is 0 Å². The number of nitrogens with one attached hydrogen (secondary N) is 1. The third kappa shape index (κ3) is 4.32. The Bertz CT molecular complexity index is 338. The van der Waals surface area contributed by atoms with Crippen LogP contribution < -0.4 is 5.32 Å². The summed E-state index contributed by atoms with van der Waals surface area (Å²) in [6.07, 6.45) is 6.75. The molecule has 1 unspecified atom stereocenters. The monoisotopic (exact) mass is 255 g/mol. The van der Waals surface area contributed by atoms with Crippen molar-refractivity contribution in [3.8, 4) is 0 Å². The first kappa shape index (κ1) is 12.9. The van der Waals surface area contributed by atoms with Crippen molar-refractivity contribution >= 4 is 11.8 Å². The molecule has 2 rings (SSSR count). The van der Waals surface area contributed by atoms with E-state index in [2.05, 4.69) is 28.7 Å². The zero-order valence-electron chi connectivity index (χ0n) is 10.6. The predicted molar refractivity (Wildman–Crippen MR) is 70.4 cm³/mol. The van der Waals surface area contributed by atoms with Gasteiger partial charge >= 0.3 is 0 Å². The van der Waals surface area contributed by atoms with Crippen molar-refractivity contribution in [2.75, 3.05) is 18.6 Å². The summed E-state index contributed by atoms with van der Waals surface area (Å²) in [5.74, 6) is 2.95. The van der Waals surface area contributed by atoms with Crippen molar-refractivity contribution < 1.29 is 4.42 Å². The van der Waals surface area contributed by atoms with Gasteiger partial charge in [-0.2, -0.15) is 11.8 Å². The summed E-state index contributed by atoms with van der Waals surface area (Å²) >= 11 is 1.81. The fourth-order valence-corrected chi connectivity index (χ4v) is 2.36. The van der Waals surface area contributed by atoms with E-state index >= 15 is 0 Å². The van der Waals surface area contributed by atoms with E-state index in [0.29, 0.717) is 5.92 Å². The maximum Gasteiger partial charge on any atom is 0.220 e. The third-order valence-corrected chi connectivity index (χ3v) is 3.73. The Hall–Kier alpha value is -0.550. The highest BCUT2D eigenvalue weighted by Crippen LogP contribution is 2.19. The number of aromatic nitrogens is 2. The Morgan fingerprint density at radius 1 is 1.47 bits per heavy atom. The summed E-state index contributed by atoms with van der Waals surface area (Å²) in [5, 5.41) is 11.7. The fourth-order valence-electron chi connectivity index (χ4n) is 1.72. The van der Waals surface area contributed by atoms with Gasteiger partial charge in [-0.25, -0.2) is 0 Å². The van der Waals surface area contributed by atoms with Gasteiger partial charge in [0.05, 0.1) is 0 Å². The van der Waals surface area contributed by atoms with E-state index in [-0.39, 0.29) is 0 Å². The Morgan fingerprint density at radius 3 is 3.00 bits per heavy atom. The molecule has 1 fully saturated rings. The van der Waals surface area contributed by atoms with Gasteiger partial charge in [0.15, 0.2) is 0 Å². The normalized spacial score (nSPS) is 17.3. The van der Waals surface area contributed by atoms with Crippen LogP contribution in [0.3, 0.4) is 0 Å². The van der Waals surface area contributed by atoms with Crippen LogP contribution in [0.4, 0.5) is 0 Å². The third-order valence-electron chi connectivity index (χ3n) is 2.90. The summed E-state index contributed by atoms with van der Waals surface area (Å²) in [6.45, 7) is 3.19. The number of hydrogen-bond donors (Lipinski definition) is 1. The molecule has 1 aliphatic rings. The Labute approximate surface area is 107 Å². The van der Waals surface area contributed by atoms with Gasteiger partial charge in [0, 0.05) is 24.1 Å². The molecule has 17 heavy (non-hydrogen) atoms. The van der Waals surface area contributed by atoms with Crippen LogP contribution in [0.15, 0.2) is 4.42 Å². The van der Waals surface area contributed by atoms with Crippen LogP contribution in [0, 0.1) is 0 Å². The average Bonchev–Trinajstić information content (AvgIpc) is 3.02. The molecule has 1 heterocycles. The SMILES string of the molecule is CSCC(C)c1nnc(CCCNC2CC2)o1. The van der Waals surface area contributed by atoms with Crippen molar-refractivity contribution in [3.05, 3.63) is 11.8 Å². The highest BCUT2D eigenvalue weighted by atomic mass is 32.2. The van der Waals surface area contributed by atoms with Gasteiger partial charge in [0.1, 0.15) is 0 Å². The molecule has 1 aromatic heterocycles. The number of rotatable bonds is 8. The minimum atomic E-state index is 0.357. The van der Waals surface area contributed by atoms with Crippen LogP contribution in [0.2, 0.25) is 0 Å². The van der Waals surface area contributed by atoms with Gasteiger partial charge in [0.2, 0.25) is 11.8 Å². The smallest absolute Gasteiger partial charge is 0.220 e. The van der Waals surface area contributed by atoms with Crippen LogP contribution >= 0.6 is 11.8 Å². The molecule has 5 heteroatoms. The standard InChI is InChI=1S/C12H21N3OS/c1-9(8-17-2)12-15-14-11(16-12)4-3-7-13-10-5-6-10/h9-10,13H,3-8H2,1-2H3. The summed E-state index contributed by atoms with van der Waals surface area (Å²) < 4.78 is 5.66. The second kappa shape index (κ2) is 6.40. The van der Waals surface area contributed by atoms with E-state index in [1.807, 2.05) is 11.8 Å². The van der Waals surface area contributed by atoms with Crippen molar-refractivity contribution in [1.29, 1.82) is 0 Å². The largest absolute Gasteiger partial charge is 0.425 e. The number of hydrogen-bond acceptors (Lipinski definition) is 5. The Kier molecular flexibility index (Phi) is 4.86. The molecule has 0 spiro atoms. The van der Waals surface area contributed by atoms with Gasteiger partial charge in [-0.3, -0.25) is 0 Å². The molecule has 1 atom stereocenters. The first-order valence-electron chi connectivity index (χ1n) is 6.34. The Balaban J connectivity index is 1.69. The minimum absolute atomic E-state index is 0.357. The molecular formula is C12H21N3OS. The quantitative estimate of drug-likeness (QED) is 0.722. The number of thioether (sulfide) groups is 1. The molecule has 0 aromatic carbocycles. The fraction of sp³-hybridized carbons (Fsp3) is 0.833. The van der Waals surface area contributed by atoms with Crippen LogP contribution in [0.5, 0.6) is 0 Å². The van der Waals surface area contributed by atoms with E-state index in [4.69, 9.17) is 4.42 Å². The maximum atomic E-state index is 5.66. The van der Waals surface area contributed by atoms with Crippen molar-refractivity contribution in [2.45, 2.75) is 44.6 Å². The van der Waals surface area contributed by atoms with Crippen LogP contribution in [0.25, 0.3) is 0 Å². The molecule has 1 aliphatic carbocycles. The average molecular weight is 255 g/mol. The first-order valence-corrected chi connectivity index (χ1v) is 7.73. The summed E-state index contributed by atoms with van der Waals surface area (Å²) in [4.78, 5) is 0. The molecule has 1 saturated carbocycles. The second-order valence-electron chi connectivity index (χ2n) is 4.72. The summed E-state index contributed by atoms with van der Waals surface area (Å²) in [7, 11) is 0. The van der Waals surface area contributed by atoms with Crippen molar-refractivity contribution in [3.63, 3.8) is 0 Å². The molecule has 0 saturated heterocycles. The van der Waals surface area contributed by atoms with Crippen LogP contribution in [0.1, 0.15) is 43.9 Å². The molecular weight excluding hydrogens is 234 g/mol. The maximum absolute atomic E-state index is 5.66. The van der Waals surface area contributed by atoms with Gasteiger partial charge < -0.3 is 9.73 Å². The van der Waals surface area contributed by atoms with Gasteiger partial charge in [-0.15, -0.1) is 10.2 Å². The van der Waals surface area contributed by atoms with Gasteiger partial charge in [-0.05, 0) is 32.1 Å². The summed E-state index contributed by atoms with van der Waals surface area (Å²) in [5.41, 5.74) is 0. The molecule has 1 aromatic rings. The Morgan fingerprint density at radius 2 is 2.29 bits per heavy atom. The van der Waals surface area contributed by atoms with Crippen molar-refractivity contribution in [2.24, 2.45) is 0 Å². The molecule has 0 aliphatic heterocycles. The molecule has 0 bridgehead atoms. The van der Waals surface area contributed by atoms with Gasteiger partial charge in [-0.1, -0.05) is 6.92 Å². The molecule has 0 amide bonds. The van der Waals surface area contributed by atoms with Gasteiger partial charge in [0.25, 0.3) is 0 Å². The summed E-state index contributed by atoms with van der Waals surface area (Å²) in [6, 6.07) is 0.787. The van der Waals surface area contributed by atoms with Crippen molar-refractivity contribution in [1.82, 2.24) is 15.5 Å². The number of aryl methyl sites for hydroxylation is 1.